The zero-order valence-corrected chi connectivity index (χ0v) is 15.3. The third-order valence-corrected chi connectivity index (χ3v) is 3.98. The number of halogens is 3. The smallest absolute Gasteiger partial charge is 0.417 e. The Labute approximate surface area is 165 Å². The first-order valence-electron chi connectivity index (χ1n) is 8.76. The van der Waals surface area contributed by atoms with Crippen LogP contribution in [-0.4, -0.2) is 28.2 Å². The molecule has 0 bridgehead atoms. The highest BCUT2D eigenvalue weighted by Crippen LogP contribution is 2.34. The SMILES string of the molecule is O=C(/C=C(/c1ccccc1)C(F)(F)F)Nc1ccccc1OCCn1ccnc1. The van der Waals surface area contributed by atoms with Gasteiger partial charge in [0.25, 0.3) is 0 Å². The van der Waals surface area contributed by atoms with E-state index in [0.29, 0.717) is 25.0 Å². The van der Waals surface area contributed by atoms with Crippen molar-refractivity contribution in [3.63, 3.8) is 0 Å². The van der Waals surface area contributed by atoms with Gasteiger partial charge < -0.3 is 14.6 Å². The van der Waals surface area contributed by atoms with E-state index in [4.69, 9.17) is 4.74 Å². The Morgan fingerprint density at radius 3 is 2.52 bits per heavy atom. The standard InChI is InChI=1S/C21H18F3N3O2/c22-21(23,24)17(16-6-2-1-3-7-16)14-20(28)26-18-8-4-5-9-19(18)29-13-12-27-11-10-25-15-27/h1-11,14-15H,12-13H2,(H,26,28)/b17-14-. The molecule has 8 heteroatoms. The minimum absolute atomic E-state index is 0.0833. The molecule has 0 aliphatic rings. The number of nitrogens with zero attached hydrogens (tertiary/aromatic N) is 2. The number of hydrogen-bond donors (Lipinski definition) is 1. The van der Waals surface area contributed by atoms with E-state index in [2.05, 4.69) is 10.3 Å². The maximum atomic E-state index is 13.4. The van der Waals surface area contributed by atoms with Crippen LogP contribution in [0.1, 0.15) is 5.56 Å². The maximum absolute atomic E-state index is 13.4. The van der Waals surface area contributed by atoms with Gasteiger partial charge in [0.05, 0.1) is 24.1 Å². The quantitative estimate of drug-likeness (QED) is 0.591. The zero-order valence-electron chi connectivity index (χ0n) is 15.3. The summed E-state index contributed by atoms with van der Waals surface area (Å²) in [6.07, 6.45) is 0.955. The summed E-state index contributed by atoms with van der Waals surface area (Å²) < 4.78 is 47.7. The molecule has 1 aromatic heterocycles. The molecule has 3 aromatic rings. The number of carbonyl (C=O) groups is 1. The molecule has 0 fully saturated rings. The Balaban J connectivity index is 1.73. The highest BCUT2D eigenvalue weighted by Gasteiger charge is 2.35. The molecule has 1 amide bonds. The predicted octanol–water partition coefficient (Wildman–Crippen LogP) is 4.55. The lowest BCUT2D eigenvalue weighted by atomic mass is 10.1. The molecule has 1 N–H and O–H groups in total. The van der Waals surface area contributed by atoms with Gasteiger partial charge in [0.2, 0.25) is 5.91 Å². The molecule has 0 unspecified atom stereocenters. The van der Waals surface area contributed by atoms with Crippen molar-refractivity contribution in [1.82, 2.24) is 9.55 Å². The fraction of sp³-hybridized carbons (Fsp3) is 0.143. The average Bonchev–Trinajstić information content (AvgIpc) is 3.21. The van der Waals surface area contributed by atoms with Gasteiger partial charge in [0.1, 0.15) is 12.4 Å². The third-order valence-electron chi connectivity index (χ3n) is 3.98. The van der Waals surface area contributed by atoms with Crippen molar-refractivity contribution in [2.45, 2.75) is 12.7 Å². The minimum Gasteiger partial charge on any atom is -0.490 e. The van der Waals surface area contributed by atoms with Crippen LogP contribution in [0.2, 0.25) is 0 Å². The van der Waals surface area contributed by atoms with Gasteiger partial charge in [-0.3, -0.25) is 4.79 Å². The molecule has 0 saturated carbocycles. The number of benzene rings is 2. The number of para-hydroxylation sites is 2. The first kappa shape index (κ1) is 20.2. The van der Waals surface area contributed by atoms with Crippen LogP contribution in [0.3, 0.4) is 0 Å². The van der Waals surface area contributed by atoms with Crippen LogP contribution in [0.15, 0.2) is 79.4 Å². The van der Waals surface area contributed by atoms with Crippen LogP contribution < -0.4 is 10.1 Å². The van der Waals surface area contributed by atoms with E-state index in [-0.39, 0.29) is 11.3 Å². The van der Waals surface area contributed by atoms with Gasteiger partial charge >= 0.3 is 6.18 Å². The van der Waals surface area contributed by atoms with Crippen LogP contribution in [-0.2, 0) is 11.3 Å². The van der Waals surface area contributed by atoms with Gasteiger partial charge in [-0.2, -0.15) is 13.2 Å². The highest BCUT2D eigenvalue weighted by molar-refractivity contribution is 6.05. The highest BCUT2D eigenvalue weighted by atomic mass is 19.4. The Morgan fingerprint density at radius 1 is 1.10 bits per heavy atom. The van der Waals surface area contributed by atoms with Gasteiger partial charge in [-0.25, -0.2) is 4.98 Å². The molecular weight excluding hydrogens is 383 g/mol. The molecule has 0 spiro atoms. The van der Waals surface area contributed by atoms with Crippen molar-refractivity contribution in [1.29, 1.82) is 0 Å². The molecule has 0 aliphatic carbocycles. The molecular formula is C21H18F3N3O2. The fourth-order valence-electron chi connectivity index (χ4n) is 2.62. The van der Waals surface area contributed by atoms with E-state index in [1.165, 1.54) is 24.3 Å². The predicted molar refractivity (Wildman–Crippen MR) is 103 cm³/mol. The fourth-order valence-corrected chi connectivity index (χ4v) is 2.62. The number of anilines is 1. The Bertz CT molecular complexity index is 968. The van der Waals surface area contributed by atoms with E-state index in [1.807, 2.05) is 4.57 Å². The Morgan fingerprint density at radius 2 is 1.83 bits per heavy atom. The monoisotopic (exact) mass is 401 g/mol. The minimum atomic E-state index is -4.67. The van der Waals surface area contributed by atoms with Crippen LogP contribution >= 0.6 is 0 Å². The number of ether oxygens (including phenoxy) is 1. The number of amides is 1. The van der Waals surface area contributed by atoms with Crippen LogP contribution in [0.5, 0.6) is 5.75 Å². The zero-order chi connectivity index (χ0) is 20.7. The number of hydrogen-bond acceptors (Lipinski definition) is 3. The van der Waals surface area contributed by atoms with Crippen LogP contribution in [0.4, 0.5) is 18.9 Å². The van der Waals surface area contributed by atoms with E-state index in [9.17, 15) is 18.0 Å². The van der Waals surface area contributed by atoms with Gasteiger partial charge in [-0.05, 0) is 17.7 Å². The molecule has 3 rings (SSSR count). The second-order valence-electron chi connectivity index (χ2n) is 6.06. The molecule has 2 aromatic carbocycles. The second-order valence-corrected chi connectivity index (χ2v) is 6.06. The van der Waals surface area contributed by atoms with Crippen molar-refractivity contribution >= 4 is 17.2 Å². The second kappa shape index (κ2) is 9.09. The van der Waals surface area contributed by atoms with Crippen molar-refractivity contribution in [2.75, 3.05) is 11.9 Å². The molecule has 5 nitrogen and oxygen atoms in total. The normalized spacial score (nSPS) is 11.9. The Hall–Kier alpha value is -3.55. The van der Waals surface area contributed by atoms with E-state index in [1.54, 1.807) is 49.1 Å². The van der Waals surface area contributed by atoms with Crippen molar-refractivity contribution < 1.29 is 22.7 Å². The lowest BCUT2D eigenvalue weighted by molar-refractivity contribution is -0.112. The van der Waals surface area contributed by atoms with E-state index in [0.717, 1.165) is 0 Å². The lowest BCUT2D eigenvalue weighted by Crippen LogP contribution is -2.16. The maximum Gasteiger partial charge on any atom is 0.417 e. The summed E-state index contributed by atoms with van der Waals surface area (Å²) in [7, 11) is 0. The van der Waals surface area contributed by atoms with E-state index < -0.39 is 17.7 Å². The van der Waals surface area contributed by atoms with Crippen molar-refractivity contribution in [3.8, 4) is 5.75 Å². The number of imidazole rings is 1. The van der Waals surface area contributed by atoms with Crippen molar-refractivity contribution in [3.05, 3.63) is 85.0 Å². The summed E-state index contributed by atoms with van der Waals surface area (Å²) in [5.41, 5.74) is -0.817. The van der Waals surface area contributed by atoms with Gasteiger partial charge in [0.15, 0.2) is 0 Å². The van der Waals surface area contributed by atoms with Crippen LogP contribution in [0, 0.1) is 0 Å². The van der Waals surface area contributed by atoms with Gasteiger partial charge in [0, 0.05) is 18.5 Å². The number of aromatic nitrogens is 2. The molecule has 150 valence electrons. The first-order chi connectivity index (χ1) is 13.9. The largest absolute Gasteiger partial charge is 0.490 e. The molecule has 29 heavy (non-hydrogen) atoms. The summed E-state index contributed by atoms with van der Waals surface area (Å²) >= 11 is 0. The average molecular weight is 401 g/mol. The number of rotatable bonds is 7. The van der Waals surface area contributed by atoms with Crippen molar-refractivity contribution in [2.24, 2.45) is 0 Å². The molecule has 0 saturated heterocycles. The topological polar surface area (TPSA) is 56.1 Å². The summed E-state index contributed by atoms with van der Waals surface area (Å²) in [6, 6.07) is 13.7. The van der Waals surface area contributed by atoms with Gasteiger partial charge in [-0.1, -0.05) is 42.5 Å². The molecule has 0 atom stereocenters. The van der Waals surface area contributed by atoms with Gasteiger partial charge in [-0.15, -0.1) is 0 Å². The Kier molecular flexibility index (Phi) is 6.33. The summed E-state index contributed by atoms with van der Waals surface area (Å²) in [5.74, 6) is -0.533. The number of allylic oxidation sites excluding steroid dienone is 1. The molecule has 0 radical (unpaired) electrons. The summed E-state index contributed by atoms with van der Waals surface area (Å²) in [6.45, 7) is 0.839. The summed E-state index contributed by atoms with van der Waals surface area (Å²) in [4.78, 5) is 16.2. The molecule has 0 aliphatic heterocycles. The summed E-state index contributed by atoms with van der Waals surface area (Å²) in [5, 5.41) is 2.47. The number of alkyl halides is 3. The van der Waals surface area contributed by atoms with E-state index >= 15 is 0 Å². The molecule has 1 heterocycles. The lowest BCUT2D eigenvalue weighted by Gasteiger charge is -2.14. The first-order valence-corrected chi connectivity index (χ1v) is 8.76. The van der Waals surface area contributed by atoms with Crippen LogP contribution in [0.25, 0.3) is 5.57 Å². The number of nitrogens with one attached hydrogen (secondary N) is 1. The third kappa shape index (κ3) is 5.71. The number of carbonyl (C=O) groups excluding carboxylic acids is 1.